The molecule has 0 aliphatic rings. The lowest BCUT2D eigenvalue weighted by molar-refractivity contribution is 0.251. The fraction of sp³-hybridized carbons (Fsp3) is 0.125. The first-order chi connectivity index (χ1) is 10.6. The van der Waals surface area contributed by atoms with Gasteiger partial charge in [-0.25, -0.2) is 9.78 Å². The average molecular weight is 332 g/mol. The van der Waals surface area contributed by atoms with Gasteiger partial charge < -0.3 is 5.32 Å². The van der Waals surface area contributed by atoms with Crippen LogP contribution in [0.2, 0.25) is 5.02 Å². The minimum Gasteiger partial charge on any atom is -0.334 e. The maximum atomic E-state index is 11.9. The molecule has 0 atom stereocenters. The number of hydrogen-bond donors (Lipinski definition) is 2. The molecule has 2 aromatic carbocycles. The molecule has 0 saturated heterocycles. The lowest BCUT2D eigenvalue weighted by atomic mass is 10.2. The van der Waals surface area contributed by atoms with Gasteiger partial charge in [0.1, 0.15) is 0 Å². The molecule has 22 heavy (non-hydrogen) atoms. The second-order valence-corrected chi connectivity index (χ2v) is 6.26. The fourth-order valence-electron chi connectivity index (χ4n) is 2.08. The van der Waals surface area contributed by atoms with Crippen molar-refractivity contribution in [2.45, 2.75) is 13.5 Å². The van der Waals surface area contributed by atoms with E-state index in [0.717, 1.165) is 21.3 Å². The van der Waals surface area contributed by atoms with E-state index in [1.165, 1.54) is 11.3 Å². The zero-order chi connectivity index (χ0) is 15.5. The van der Waals surface area contributed by atoms with Gasteiger partial charge in [0, 0.05) is 6.54 Å². The first kappa shape index (κ1) is 14.8. The van der Waals surface area contributed by atoms with Crippen molar-refractivity contribution >= 4 is 44.3 Å². The molecule has 2 amide bonds. The molecule has 0 spiro atoms. The van der Waals surface area contributed by atoms with Gasteiger partial charge in [0.25, 0.3) is 0 Å². The van der Waals surface area contributed by atoms with E-state index in [1.807, 2.05) is 49.4 Å². The number of nitrogens with zero attached hydrogens (tertiary/aromatic N) is 1. The van der Waals surface area contributed by atoms with Gasteiger partial charge >= 0.3 is 6.03 Å². The van der Waals surface area contributed by atoms with Crippen LogP contribution in [0, 0.1) is 6.92 Å². The minimum atomic E-state index is -0.281. The number of nitrogens with one attached hydrogen (secondary N) is 2. The predicted molar refractivity (Wildman–Crippen MR) is 91.7 cm³/mol. The Morgan fingerprint density at radius 2 is 2.00 bits per heavy atom. The number of benzene rings is 2. The Morgan fingerprint density at radius 1 is 1.23 bits per heavy atom. The number of hydrogen-bond acceptors (Lipinski definition) is 3. The van der Waals surface area contributed by atoms with E-state index in [4.69, 9.17) is 11.6 Å². The van der Waals surface area contributed by atoms with Gasteiger partial charge in [0.15, 0.2) is 5.13 Å². The molecule has 1 aromatic heterocycles. The van der Waals surface area contributed by atoms with Crippen LogP contribution in [0.5, 0.6) is 0 Å². The number of carbonyl (C=O) groups excluding carboxylic acids is 1. The summed E-state index contributed by atoms with van der Waals surface area (Å²) >= 11 is 7.54. The van der Waals surface area contributed by atoms with Gasteiger partial charge in [0.05, 0.1) is 15.2 Å². The van der Waals surface area contributed by atoms with E-state index in [2.05, 4.69) is 15.6 Å². The Balaban J connectivity index is 1.69. The number of thiazole rings is 1. The van der Waals surface area contributed by atoms with Crippen LogP contribution in [0.25, 0.3) is 10.2 Å². The van der Waals surface area contributed by atoms with Crippen molar-refractivity contribution < 1.29 is 4.79 Å². The maximum absolute atomic E-state index is 11.9. The number of fused-ring (bicyclic) bond motifs is 1. The van der Waals surface area contributed by atoms with Gasteiger partial charge in [-0.3, -0.25) is 5.32 Å². The lowest BCUT2D eigenvalue weighted by Crippen LogP contribution is -2.28. The van der Waals surface area contributed by atoms with E-state index in [0.29, 0.717) is 16.7 Å². The Labute approximate surface area is 137 Å². The molecule has 0 radical (unpaired) electrons. The van der Waals surface area contributed by atoms with E-state index in [-0.39, 0.29) is 6.03 Å². The normalized spacial score (nSPS) is 10.6. The van der Waals surface area contributed by atoms with E-state index in [1.54, 1.807) is 0 Å². The zero-order valence-corrected chi connectivity index (χ0v) is 13.5. The highest BCUT2D eigenvalue weighted by Gasteiger charge is 2.11. The van der Waals surface area contributed by atoms with Crippen LogP contribution in [-0.2, 0) is 6.54 Å². The van der Waals surface area contributed by atoms with Gasteiger partial charge in [0.2, 0.25) is 0 Å². The molecule has 1 heterocycles. The summed E-state index contributed by atoms with van der Waals surface area (Å²) in [5, 5.41) is 6.75. The summed E-state index contributed by atoms with van der Waals surface area (Å²) in [6.45, 7) is 2.44. The molecule has 6 heteroatoms. The Morgan fingerprint density at radius 3 is 2.73 bits per heavy atom. The van der Waals surface area contributed by atoms with Crippen LogP contribution in [0.1, 0.15) is 11.1 Å². The standard InChI is InChI=1S/C16H14ClN3OS/c1-10-7-8-12(17)14-13(10)19-16(22-14)20-15(21)18-9-11-5-3-2-4-6-11/h2-8H,9H2,1H3,(H2,18,19,20,21). The molecule has 112 valence electrons. The molecule has 3 rings (SSSR count). The summed E-state index contributed by atoms with van der Waals surface area (Å²) in [5.41, 5.74) is 2.91. The van der Waals surface area contributed by atoms with Gasteiger partial charge in [-0.15, -0.1) is 0 Å². The highest BCUT2D eigenvalue weighted by atomic mass is 35.5. The molecule has 3 aromatic rings. The molecule has 0 unspecified atom stereocenters. The molecular weight excluding hydrogens is 318 g/mol. The molecule has 0 bridgehead atoms. The van der Waals surface area contributed by atoms with Crippen molar-refractivity contribution in [1.29, 1.82) is 0 Å². The number of amides is 2. The third-order valence-corrected chi connectivity index (χ3v) is 4.64. The molecule has 0 aliphatic heterocycles. The van der Waals surface area contributed by atoms with Crippen LogP contribution >= 0.6 is 22.9 Å². The Kier molecular flexibility index (Phi) is 4.27. The van der Waals surface area contributed by atoms with E-state index in [9.17, 15) is 4.79 Å². The van der Waals surface area contributed by atoms with Crippen molar-refractivity contribution in [3.63, 3.8) is 0 Å². The summed E-state index contributed by atoms with van der Waals surface area (Å²) < 4.78 is 0.889. The second kappa shape index (κ2) is 6.34. The summed E-state index contributed by atoms with van der Waals surface area (Å²) in [4.78, 5) is 16.4. The number of rotatable bonds is 3. The first-order valence-electron chi connectivity index (χ1n) is 6.78. The van der Waals surface area contributed by atoms with Crippen molar-refractivity contribution in [3.8, 4) is 0 Å². The largest absolute Gasteiger partial charge is 0.334 e. The average Bonchev–Trinajstić information content (AvgIpc) is 2.95. The van der Waals surface area contributed by atoms with Gasteiger partial charge in [-0.2, -0.15) is 0 Å². The van der Waals surface area contributed by atoms with E-state index >= 15 is 0 Å². The zero-order valence-electron chi connectivity index (χ0n) is 11.9. The third kappa shape index (κ3) is 3.21. The fourth-order valence-corrected chi connectivity index (χ4v) is 3.29. The van der Waals surface area contributed by atoms with Crippen molar-refractivity contribution in [2.24, 2.45) is 0 Å². The third-order valence-electron chi connectivity index (χ3n) is 3.21. The number of carbonyl (C=O) groups is 1. The number of aromatic nitrogens is 1. The summed E-state index contributed by atoms with van der Waals surface area (Å²) in [6.07, 6.45) is 0. The molecule has 0 aliphatic carbocycles. The number of anilines is 1. The van der Waals surface area contributed by atoms with Crippen molar-refractivity contribution in [2.75, 3.05) is 5.32 Å². The van der Waals surface area contributed by atoms with Crippen LogP contribution < -0.4 is 10.6 Å². The van der Waals surface area contributed by atoms with Crippen molar-refractivity contribution in [1.82, 2.24) is 10.3 Å². The number of halogens is 1. The highest BCUT2D eigenvalue weighted by Crippen LogP contribution is 2.33. The topological polar surface area (TPSA) is 54.0 Å². The lowest BCUT2D eigenvalue weighted by Gasteiger charge is -2.05. The minimum absolute atomic E-state index is 0.281. The van der Waals surface area contributed by atoms with Gasteiger partial charge in [-0.1, -0.05) is 59.3 Å². The molecule has 0 fully saturated rings. The number of urea groups is 1. The summed E-state index contributed by atoms with van der Waals surface area (Å²) in [7, 11) is 0. The molecule has 2 N–H and O–H groups in total. The van der Waals surface area contributed by atoms with Crippen LogP contribution in [0.4, 0.5) is 9.93 Å². The summed E-state index contributed by atoms with van der Waals surface area (Å²) in [5.74, 6) is 0. The molecule has 0 saturated carbocycles. The highest BCUT2D eigenvalue weighted by molar-refractivity contribution is 7.23. The monoisotopic (exact) mass is 331 g/mol. The number of aryl methyl sites for hydroxylation is 1. The quantitative estimate of drug-likeness (QED) is 0.738. The van der Waals surface area contributed by atoms with Crippen LogP contribution in [0.3, 0.4) is 0 Å². The van der Waals surface area contributed by atoms with Crippen molar-refractivity contribution in [3.05, 3.63) is 58.6 Å². The first-order valence-corrected chi connectivity index (χ1v) is 7.97. The van der Waals surface area contributed by atoms with Gasteiger partial charge in [-0.05, 0) is 24.1 Å². The maximum Gasteiger partial charge on any atom is 0.321 e. The predicted octanol–water partition coefficient (Wildman–Crippen LogP) is 4.58. The Bertz CT molecular complexity index is 778. The molecular formula is C16H14ClN3OS. The smallest absolute Gasteiger partial charge is 0.321 e. The summed E-state index contributed by atoms with van der Waals surface area (Å²) in [6, 6.07) is 13.2. The Hall–Kier alpha value is -2.11. The SMILES string of the molecule is Cc1ccc(Cl)c2sc(NC(=O)NCc3ccccc3)nc12. The van der Waals surface area contributed by atoms with E-state index < -0.39 is 0 Å². The van der Waals surface area contributed by atoms with Crippen LogP contribution in [-0.4, -0.2) is 11.0 Å². The second-order valence-electron chi connectivity index (χ2n) is 4.85. The van der Waals surface area contributed by atoms with Crippen LogP contribution in [0.15, 0.2) is 42.5 Å². The molecule has 4 nitrogen and oxygen atoms in total.